The number of aromatic nitrogens is 2. The molecule has 0 saturated carbocycles. The number of aromatic amines is 1. The van der Waals surface area contributed by atoms with Crippen molar-refractivity contribution in [3.63, 3.8) is 0 Å². The fraction of sp³-hybridized carbons (Fsp3) is 0.417. The van der Waals surface area contributed by atoms with Crippen LogP contribution in [0, 0.1) is 13.8 Å². The van der Waals surface area contributed by atoms with Crippen molar-refractivity contribution in [2.24, 2.45) is 0 Å². The fourth-order valence-corrected chi connectivity index (χ4v) is 2.88. The smallest absolute Gasteiger partial charge is 0.242 e. The first-order valence-electron chi connectivity index (χ1n) is 6.17. The number of hydrogen-bond acceptors (Lipinski definition) is 5. The van der Waals surface area contributed by atoms with E-state index in [0.29, 0.717) is 18.0 Å². The van der Waals surface area contributed by atoms with Gasteiger partial charge in [-0.3, -0.25) is 0 Å². The molecule has 0 fully saturated rings. The average Bonchev–Trinajstić information content (AvgIpc) is 2.97. The van der Waals surface area contributed by atoms with Gasteiger partial charge >= 0.3 is 0 Å². The summed E-state index contributed by atoms with van der Waals surface area (Å²) in [6.07, 6.45) is 1.47. The minimum absolute atomic E-state index is 0.163. The molecule has 7 nitrogen and oxygen atoms in total. The molecule has 110 valence electrons. The van der Waals surface area contributed by atoms with Gasteiger partial charge in [-0.25, -0.2) is 13.1 Å². The van der Waals surface area contributed by atoms with E-state index in [1.807, 2.05) is 0 Å². The highest BCUT2D eigenvalue weighted by Gasteiger charge is 2.18. The summed E-state index contributed by atoms with van der Waals surface area (Å²) >= 11 is 0. The first-order valence-corrected chi connectivity index (χ1v) is 7.65. The lowest BCUT2D eigenvalue weighted by Gasteiger charge is -2.04. The van der Waals surface area contributed by atoms with E-state index in [1.165, 1.54) is 6.20 Å². The highest BCUT2D eigenvalue weighted by molar-refractivity contribution is 7.89. The maximum Gasteiger partial charge on any atom is 0.242 e. The Morgan fingerprint density at radius 2 is 2.10 bits per heavy atom. The molecule has 0 bridgehead atoms. The Balaban J connectivity index is 2.11. The molecule has 0 radical (unpaired) electrons. The number of H-pyrrole nitrogens is 1. The molecular formula is C12H18N4O3S. The molecular weight excluding hydrogens is 280 g/mol. The van der Waals surface area contributed by atoms with Gasteiger partial charge in [0.2, 0.25) is 10.0 Å². The molecule has 2 rings (SSSR count). The Kier molecular flexibility index (Phi) is 4.26. The molecule has 0 aliphatic rings. The van der Waals surface area contributed by atoms with Crippen LogP contribution in [0.5, 0.6) is 0 Å². The lowest BCUT2D eigenvalue weighted by Crippen LogP contribution is -2.23. The van der Waals surface area contributed by atoms with Crippen LogP contribution in [0.1, 0.15) is 22.7 Å². The molecule has 0 aromatic carbocycles. The molecule has 0 aliphatic heterocycles. The Hall–Kier alpha value is -1.64. The number of nitrogens with one attached hydrogen (secondary N) is 3. The van der Waals surface area contributed by atoms with Gasteiger partial charge in [0, 0.05) is 30.5 Å². The summed E-state index contributed by atoms with van der Waals surface area (Å²) < 4.78 is 31.9. The molecule has 0 spiro atoms. The zero-order valence-corrected chi connectivity index (χ0v) is 12.5. The minimum Gasteiger partial charge on any atom is -0.363 e. The Morgan fingerprint density at radius 3 is 2.70 bits per heavy atom. The van der Waals surface area contributed by atoms with Crippen molar-refractivity contribution >= 4 is 10.0 Å². The van der Waals surface area contributed by atoms with Crippen LogP contribution in [-0.4, -0.2) is 25.6 Å². The predicted octanol–water partition coefficient (Wildman–Crippen LogP) is 0.817. The highest BCUT2D eigenvalue weighted by Crippen LogP contribution is 2.15. The number of aryl methyl sites for hydroxylation is 2. The number of nitrogens with zero attached hydrogens (tertiary/aromatic N) is 1. The summed E-state index contributed by atoms with van der Waals surface area (Å²) in [5.74, 6) is 0.621. The molecule has 20 heavy (non-hydrogen) atoms. The van der Waals surface area contributed by atoms with E-state index in [9.17, 15) is 8.42 Å². The second kappa shape index (κ2) is 5.78. The molecule has 0 saturated heterocycles. The van der Waals surface area contributed by atoms with Crippen LogP contribution in [0.15, 0.2) is 21.7 Å². The zero-order valence-electron chi connectivity index (χ0n) is 11.6. The van der Waals surface area contributed by atoms with E-state index in [-0.39, 0.29) is 11.4 Å². The van der Waals surface area contributed by atoms with Gasteiger partial charge in [-0.1, -0.05) is 5.16 Å². The predicted molar refractivity (Wildman–Crippen MR) is 73.6 cm³/mol. The van der Waals surface area contributed by atoms with Gasteiger partial charge in [0.1, 0.15) is 5.76 Å². The van der Waals surface area contributed by atoms with Crippen molar-refractivity contribution in [2.45, 2.75) is 31.8 Å². The SMILES string of the molecule is CNCc1cc(S(=O)(=O)NCc2c(C)noc2C)c[nH]1. The van der Waals surface area contributed by atoms with Gasteiger partial charge in [0.25, 0.3) is 0 Å². The number of sulfonamides is 1. The minimum atomic E-state index is -3.55. The molecule has 2 aromatic heterocycles. The van der Waals surface area contributed by atoms with Gasteiger partial charge in [0.15, 0.2) is 0 Å². The van der Waals surface area contributed by atoms with Crippen LogP contribution in [0.2, 0.25) is 0 Å². The van der Waals surface area contributed by atoms with Crippen LogP contribution >= 0.6 is 0 Å². The van der Waals surface area contributed by atoms with E-state index in [4.69, 9.17) is 4.52 Å². The zero-order chi connectivity index (χ0) is 14.8. The monoisotopic (exact) mass is 298 g/mol. The van der Waals surface area contributed by atoms with Crippen molar-refractivity contribution in [2.75, 3.05) is 7.05 Å². The highest BCUT2D eigenvalue weighted by atomic mass is 32.2. The fourth-order valence-electron chi connectivity index (χ4n) is 1.87. The van der Waals surface area contributed by atoms with Crippen molar-refractivity contribution in [3.8, 4) is 0 Å². The van der Waals surface area contributed by atoms with Crippen LogP contribution < -0.4 is 10.0 Å². The van der Waals surface area contributed by atoms with Crippen molar-refractivity contribution in [1.29, 1.82) is 0 Å². The van der Waals surface area contributed by atoms with E-state index in [0.717, 1.165) is 11.3 Å². The third-order valence-electron chi connectivity index (χ3n) is 3.01. The van der Waals surface area contributed by atoms with Gasteiger partial charge in [-0.2, -0.15) is 0 Å². The van der Waals surface area contributed by atoms with Crippen LogP contribution in [0.4, 0.5) is 0 Å². The Bertz CT molecular complexity index is 668. The standard InChI is InChI=1S/C12H18N4O3S/c1-8-12(9(2)19-16-8)7-15-20(17,18)11-4-10(5-13-3)14-6-11/h4,6,13-15H,5,7H2,1-3H3. The summed E-state index contributed by atoms with van der Waals surface area (Å²) in [4.78, 5) is 3.13. The number of hydrogen-bond donors (Lipinski definition) is 3. The summed E-state index contributed by atoms with van der Waals surface area (Å²) in [5.41, 5.74) is 2.26. The quantitative estimate of drug-likeness (QED) is 0.733. The average molecular weight is 298 g/mol. The molecule has 0 atom stereocenters. The van der Waals surface area contributed by atoms with E-state index in [1.54, 1.807) is 27.0 Å². The summed E-state index contributed by atoms with van der Waals surface area (Å²) in [6.45, 7) is 4.28. The van der Waals surface area contributed by atoms with Crippen molar-refractivity contribution in [1.82, 2.24) is 20.2 Å². The van der Waals surface area contributed by atoms with Gasteiger partial charge in [0.05, 0.1) is 10.6 Å². The van der Waals surface area contributed by atoms with Crippen LogP contribution in [0.25, 0.3) is 0 Å². The maximum absolute atomic E-state index is 12.2. The van der Waals surface area contributed by atoms with E-state index in [2.05, 4.69) is 20.2 Å². The summed E-state index contributed by atoms with van der Waals surface area (Å²) in [6, 6.07) is 1.60. The first kappa shape index (κ1) is 14.8. The lowest BCUT2D eigenvalue weighted by atomic mass is 10.2. The molecule has 0 amide bonds. The van der Waals surface area contributed by atoms with Crippen LogP contribution in [-0.2, 0) is 23.1 Å². The third kappa shape index (κ3) is 3.09. The lowest BCUT2D eigenvalue weighted by molar-refractivity contribution is 0.392. The third-order valence-corrected chi connectivity index (χ3v) is 4.39. The Labute approximate surface area is 117 Å². The van der Waals surface area contributed by atoms with Crippen molar-refractivity contribution < 1.29 is 12.9 Å². The number of rotatable bonds is 6. The second-order valence-electron chi connectivity index (χ2n) is 4.52. The second-order valence-corrected chi connectivity index (χ2v) is 6.29. The summed E-state index contributed by atoms with van der Waals surface area (Å²) in [7, 11) is -1.75. The topological polar surface area (TPSA) is 100 Å². The van der Waals surface area contributed by atoms with Gasteiger partial charge < -0.3 is 14.8 Å². The maximum atomic E-state index is 12.2. The van der Waals surface area contributed by atoms with E-state index >= 15 is 0 Å². The molecule has 3 N–H and O–H groups in total. The van der Waals surface area contributed by atoms with Crippen molar-refractivity contribution in [3.05, 3.63) is 35.0 Å². The Morgan fingerprint density at radius 1 is 1.35 bits per heavy atom. The van der Waals surface area contributed by atoms with Crippen LogP contribution in [0.3, 0.4) is 0 Å². The summed E-state index contributed by atoms with van der Waals surface area (Å²) in [5, 5.41) is 6.74. The molecule has 2 heterocycles. The molecule has 0 aliphatic carbocycles. The normalized spacial score (nSPS) is 11.9. The molecule has 2 aromatic rings. The first-order chi connectivity index (χ1) is 9.44. The van der Waals surface area contributed by atoms with Gasteiger partial charge in [-0.15, -0.1) is 0 Å². The molecule has 8 heteroatoms. The van der Waals surface area contributed by atoms with Gasteiger partial charge in [-0.05, 0) is 27.0 Å². The largest absolute Gasteiger partial charge is 0.363 e. The van der Waals surface area contributed by atoms with E-state index < -0.39 is 10.0 Å². The molecule has 0 unspecified atom stereocenters.